The standard InChI is InChI=1S/C16H30O2/c1-3-5-7-9-10-11-13-15-18-16-17-14-12-8-6-4-2/h2H,3,5-16H2,1H3. The predicted octanol–water partition coefficient (Wildman–Crippen LogP) is 4.53. The Morgan fingerprint density at radius 2 is 1.33 bits per heavy atom. The molecule has 0 aliphatic heterocycles. The SMILES string of the molecule is C#CCCCCOCOCCCCCCCCC. The van der Waals surface area contributed by atoms with Crippen LogP contribution in [0.25, 0.3) is 0 Å². The third-order valence-electron chi connectivity index (χ3n) is 2.92. The first-order chi connectivity index (χ1) is 8.91. The highest BCUT2D eigenvalue weighted by molar-refractivity contribution is 4.82. The lowest BCUT2D eigenvalue weighted by molar-refractivity contribution is -0.0554. The second kappa shape index (κ2) is 16.5. The summed E-state index contributed by atoms with van der Waals surface area (Å²) in [4.78, 5) is 0. The average Bonchev–Trinajstić information content (AvgIpc) is 2.39. The Balaban J connectivity index is 2.89. The molecule has 0 saturated heterocycles. The van der Waals surface area contributed by atoms with Crippen molar-refractivity contribution in [3.05, 3.63) is 0 Å². The van der Waals surface area contributed by atoms with Gasteiger partial charge in [0, 0.05) is 19.6 Å². The molecule has 0 aromatic carbocycles. The van der Waals surface area contributed by atoms with Crippen LogP contribution in [0.3, 0.4) is 0 Å². The molecule has 0 bridgehead atoms. The molecule has 0 fully saturated rings. The van der Waals surface area contributed by atoms with E-state index < -0.39 is 0 Å². The quantitative estimate of drug-likeness (QED) is 0.257. The van der Waals surface area contributed by atoms with Crippen LogP contribution >= 0.6 is 0 Å². The maximum Gasteiger partial charge on any atom is 0.146 e. The summed E-state index contributed by atoms with van der Waals surface area (Å²) in [5.74, 6) is 2.62. The van der Waals surface area contributed by atoms with Crippen LogP contribution in [0.2, 0.25) is 0 Å². The average molecular weight is 254 g/mol. The van der Waals surface area contributed by atoms with Gasteiger partial charge >= 0.3 is 0 Å². The maximum absolute atomic E-state index is 5.41. The predicted molar refractivity (Wildman–Crippen MR) is 77.4 cm³/mol. The topological polar surface area (TPSA) is 18.5 Å². The van der Waals surface area contributed by atoms with Gasteiger partial charge in [0.25, 0.3) is 0 Å². The molecule has 0 saturated carbocycles. The second-order valence-corrected chi connectivity index (χ2v) is 4.72. The fourth-order valence-electron chi connectivity index (χ4n) is 1.77. The minimum absolute atomic E-state index is 0.436. The van der Waals surface area contributed by atoms with Gasteiger partial charge in [0.2, 0.25) is 0 Å². The van der Waals surface area contributed by atoms with Crippen LogP contribution in [0.5, 0.6) is 0 Å². The highest BCUT2D eigenvalue weighted by Crippen LogP contribution is 2.06. The van der Waals surface area contributed by atoms with E-state index in [0.717, 1.165) is 38.9 Å². The molecule has 18 heavy (non-hydrogen) atoms. The van der Waals surface area contributed by atoms with Crippen molar-refractivity contribution < 1.29 is 9.47 Å². The number of ether oxygens (including phenoxy) is 2. The summed E-state index contributed by atoms with van der Waals surface area (Å²) in [5, 5.41) is 0. The zero-order chi connectivity index (χ0) is 13.3. The molecule has 0 rings (SSSR count). The van der Waals surface area contributed by atoms with Gasteiger partial charge in [0.05, 0.1) is 0 Å². The Bertz CT molecular complexity index is 184. The van der Waals surface area contributed by atoms with Crippen molar-refractivity contribution in [3.8, 4) is 12.3 Å². The Morgan fingerprint density at radius 1 is 0.778 bits per heavy atom. The van der Waals surface area contributed by atoms with Gasteiger partial charge in [0.15, 0.2) is 0 Å². The number of hydrogen-bond acceptors (Lipinski definition) is 2. The number of rotatable bonds is 14. The third kappa shape index (κ3) is 15.5. The first kappa shape index (κ1) is 17.5. The first-order valence-corrected chi connectivity index (χ1v) is 7.50. The molecule has 0 aromatic rings. The van der Waals surface area contributed by atoms with Crippen molar-refractivity contribution in [3.63, 3.8) is 0 Å². The Labute approximate surface area is 113 Å². The van der Waals surface area contributed by atoms with Crippen LogP contribution < -0.4 is 0 Å². The Hall–Kier alpha value is -0.520. The Kier molecular flexibility index (Phi) is 16.0. The summed E-state index contributed by atoms with van der Waals surface area (Å²) in [7, 11) is 0. The van der Waals surface area contributed by atoms with Gasteiger partial charge in [-0.25, -0.2) is 0 Å². The van der Waals surface area contributed by atoms with E-state index in [0.29, 0.717) is 6.79 Å². The van der Waals surface area contributed by atoms with Gasteiger partial charge in [-0.1, -0.05) is 45.4 Å². The minimum atomic E-state index is 0.436. The molecular weight excluding hydrogens is 224 g/mol. The molecular formula is C16H30O2. The van der Waals surface area contributed by atoms with E-state index in [9.17, 15) is 0 Å². The maximum atomic E-state index is 5.41. The monoisotopic (exact) mass is 254 g/mol. The largest absolute Gasteiger partial charge is 0.355 e. The molecule has 0 amide bonds. The molecule has 0 spiro atoms. The molecule has 0 N–H and O–H groups in total. The summed E-state index contributed by atoms with van der Waals surface area (Å²) in [5.41, 5.74) is 0. The van der Waals surface area contributed by atoms with Crippen LogP contribution in [0.15, 0.2) is 0 Å². The lowest BCUT2D eigenvalue weighted by Crippen LogP contribution is -2.02. The molecule has 0 radical (unpaired) electrons. The number of hydrogen-bond donors (Lipinski definition) is 0. The molecule has 2 heteroatoms. The van der Waals surface area contributed by atoms with E-state index in [2.05, 4.69) is 12.8 Å². The van der Waals surface area contributed by atoms with Crippen LogP contribution in [-0.2, 0) is 9.47 Å². The fourth-order valence-corrected chi connectivity index (χ4v) is 1.77. The van der Waals surface area contributed by atoms with Crippen LogP contribution in [0.1, 0.15) is 71.1 Å². The van der Waals surface area contributed by atoms with Crippen molar-refractivity contribution in [2.75, 3.05) is 20.0 Å². The van der Waals surface area contributed by atoms with E-state index in [4.69, 9.17) is 15.9 Å². The van der Waals surface area contributed by atoms with Crippen molar-refractivity contribution in [2.24, 2.45) is 0 Å². The minimum Gasteiger partial charge on any atom is -0.355 e. The van der Waals surface area contributed by atoms with Crippen LogP contribution in [0, 0.1) is 12.3 Å². The van der Waals surface area contributed by atoms with E-state index in [-0.39, 0.29) is 0 Å². The summed E-state index contributed by atoms with van der Waals surface area (Å²) < 4.78 is 10.8. The lowest BCUT2D eigenvalue weighted by atomic mass is 10.1. The second-order valence-electron chi connectivity index (χ2n) is 4.72. The summed E-state index contributed by atoms with van der Waals surface area (Å²) in [6.45, 7) is 4.28. The van der Waals surface area contributed by atoms with E-state index in [1.165, 1.54) is 38.5 Å². The summed E-state index contributed by atoms with van der Waals surface area (Å²) >= 11 is 0. The Morgan fingerprint density at radius 3 is 1.94 bits per heavy atom. The number of terminal acetylenes is 1. The highest BCUT2D eigenvalue weighted by Gasteiger charge is 1.92. The van der Waals surface area contributed by atoms with Gasteiger partial charge in [-0.05, 0) is 19.3 Å². The van der Waals surface area contributed by atoms with E-state index in [1.807, 2.05) is 0 Å². The zero-order valence-corrected chi connectivity index (χ0v) is 12.1. The lowest BCUT2D eigenvalue weighted by Gasteiger charge is -2.05. The van der Waals surface area contributed by atoms with Gasteiger partial charge in [-0.15, -0.1) is 12.3 Å². The molecule has 0 heterocycles. The smallest absolute Gasteiger partial charge is 0.146 e. The van der Waals surface area contributed by atoms with Crippen molar-refractivity contribution >= 4 is 0 Å². The van der Waals surface area contributed by atoms with E-state index >= 15 is 0 Å². The normalized spacial score (nSPS) is 10.4. The van der Waals surface area contributed by atoms with Gasteiger partial charge in [-0.2, -0.15) is 0 Å². The molecule has 0 aliphatic rings. The van der Waals surface area contributed by atoms with Crippen LogP contribution in [-0.4, -0.2) is 20.0 Å². The van der Waals surface area contributed by atoms with E-state index in [1.54, 1.807) is 0 Å². The zero-order valence-electron chi connectivity index (χ0n) is 12.1. The first-order valence-electron chi connectivity index (χ1n) is 7.50. The van der Waals surface area contributed by atoms with Crippen molar-refractivity contribution in [1.82, 2.24) is 0 Å². The molecule has 0 atom stereocenters. The fraction of sp³-hybridized carbons (Fsp3) is 0.875. The molecule has 0 aromatic heterocycles. The van der Waals surface area contributed by atoms with Crippen molar-refractivity contribution in [2.45, 2.75) is 71.1 Å². The number of unbranched alkanes of at least 4 members (excludes halogenated alkanes) is 8. The third-order valence-corrected chi connectivity index (χ3v) is 2.92. The highest BCUT2D eigenvalue weighted by atomic mass is 16.7. The molecule has 0 unspecified atom stereocenters. The summed E-state index contributed by atoms with van der Waals surface area (Å²) in [6, 6.07) is 0. The van der Waals surface area contributed by atoms with Gasteiger partial charge in [-0.3, -0.25) is 0 Å². The van der Waals surface area contributed by atoms with Gasteiger partial charge in [0.1, 0.15) is 6.79 Å². The molecule has 106 valence electrons. The molecule has 0 aliphatic carbocycles. The van der Waals surface area contributed by atoms with Crippen LogP contribution in [0.4, 0.5) is 0 Å². The molecule has 2 nitrogen and oxygen atoms in total. The summed E-state index contributed by atoms with van der Waals surface area (Å²) in [6.07, 6.45) is 17.3. The van der Waals surface area contributed by atoms with Gasteiger partial charge < -0.3 is 9.47 Å². The van der Waals surface area contributed by atoms with Crippen molar-refractivity contribution in [1.29, 1.82) is 0 Å².